The van der Waals surface area contributed by atoms with Crippen molar-refractivity contribution < 1.29 is 24.9 Å². The van der Waals surface area contributed by atoms with Crippen molar-refractivity contribution in [2.45, 2.75) is 6.42 Å². The second-order valence-corrected chi connectivity index (χ2v) is 12.0. The normalized spacial score (nSPS) is 24.1. The van der Waals surface area contributed by atoms with Gasteiger partial charge in [0.15, 0.2) is 7.37 Å². The van der Waals surface area contributed by atoms with E-state index in [-0.39, 0.29) is 12.6 Å². The fourth-order valence-corrected chi connectivity index (χ4v) is 7.93. The molecule has 1 saturated heterocycles. The third-order valence-electron chi connectivity index (χ3n) is 2.58. The van der Waals surface area contributed by atoms with E-state index in [1.54, 1.807) is 30.3 Å². The fourth-order valence-electron chi connectivity index (χ4n) is 1.71. The van der Waals surface area contributed by atoms with E-state index in [4.69, 9.17) is 10.9 Å². The lowest BCUT2D eigenvalue weighted by molar-refractivity contribution is -0.135. The van der Waals surface area contributed by atoms with Gasteiger partial charge in [0.25, 0.3) is 5.97 Å². The monoisotopic (exact) mass is 332 g/mol. The molecule has 0 aliphatic carbocycles. The van der Waals surface area contributed by atoms with E-state index in [1.807, 2.05) is 0 Å². The molecule has 2 rings (SSSR count). The van der Waals surface area contributed by atoms with Gasteiger partial charge in [0.2, 0.25) is 7.37 Å². The van der Waals surface area contributed by atoms with E-state index < -0.39 is 35.9 Å². The van der Waals surface area contributed by atoms with Crippen molar-refractivity contribution in [3.8, 4) is 0 Å². The summed E-state index contributed by atoms with van der Waals surface area (Å²) in [5.74, 6) is -0.524. The van der Waals surface area contributed by atoms with Gasteiger partial charge in [-0.1, -0.05) is 18.2 Å². The quantitative estimate of drug-likeness (QED) is 0.623. The van der Waals surface area contributed by atoms with Crippen molar-refractivity contribution in [1.82, 2.24) is 0 Å². The number of benzene rings is 1. The van der Waals surface area contributed by atoms with Gasteiger partial charge in [-0.3, -0.25) is 13.9 Å². The molecule has 0 unspecified atom stereocenters. The SMILES string of the molecule is CP(C)(=O)[O][Al]1[O]C(=O)CC[P@@](=O)(c2ccccc2)[O]1. The highest BCUT2D eigenvalue weighted by Gasteiger charge is 2.49. The van der Waals surface area contributed by atoms with Crippen LogP contribution in [0.5, 0.6) is 0 Å². The van der Waals surface area contributed by atoms with E-state index in [0.29, 0.717) is 5.30 Å². The minimum absolute atomic E-state index is 0.00321. The van der Waals surface area contributed by atoms with Crippen LogP contribution in [0, 0.1) is 0 Å². The van der Waals surface area contributed by atoms with E-state index in [9.17, 15) is 13.9 Å². The Balaban J connectivity index is 2.28. The Morgan fingerprint density at radius 2 is 1.95 bits per heavy atom. The molecule has 0 spiro atoms. The average Bonchev–Trinajstić information content (AvgIpc) is 2.48. The summed E-state index contributed by atoms with van der Waals surface area (Å²) >= 11 is -3.02. The van der Waals surface area contributed by atoms with Crippen LogP contribution in [-0.4, -0.2) is 40.6 Å². The van der Waals surface area contributed by atoms with Crippen molar-refractivity contribution in [2.75, 3.05) is 19.5 Å². The predicted molar refractivity (Wildman–Crippen MR) is 76.6 cm³/mol. The maximum atomic E-state index is 12.9. The third-order valence-corrected chi connectivity index (χ3v) is 9.71. The molecule has 9 heteroatoms. The van der Waals surface area contributed by atoms with Crippen LogP contribution in [0.3, 0.4) is 0 Å². The van der Waals surface area contributed by atoms with Crippen molar-refractivity contribution in [3.05, 3.63) is 30.3 Å². The number of hydrogen-bond donors (Lipinski definition) is 0. The molecule has 1 aliphatic heterocycles. The zero-order valence-electron chi connectivity index (χ0n) is 11.2. The van der Waals surface area contributed by atoms with Crippen LogP contribution >= 0.6 is 14.7 Å². The topological polar surface area (TPSA) is 78.9 Å². The van der Waals surface area contributed by atoms with Crippen molar-refractivity contribution in [2.24, 2.45) is 0 Å². The first-order valence-corrected chi connectivity index (χ1v) is 11.8. The van der Waals surface area contributed by atoms with Crippen LogP contribution in [0.4, 0.5) is 0 Å². The Labute approximate surface area is 122 Å². The standard InChI is InChI=1S/C9H11O4P.C2H7O2P.Al/c10-9(11)6-7-14(12,13)8-4-2-1-3-5-8;1-5(2,3)4;/h1-5H,6-7H2,(H,10,11)(H,12,13);1-2H3,(H,3,4);/q;;+3/p-3. The summed E-state index contributed by atoms with van der Waals surface area (Å²) in [4.78, 5) is 11.5. The van der Waals surface area contributed by atoms with Gasteiger partial charge in [0.05, 0.1) is 6.42 Å². The molecule has 108 valence electrons. The molecule has 0 amide bonds. The summed E-state index contributed by atoms with van der Waals surface area (Å²) < 4.78 is 40.3. The summed E-state index contributed by atoms with van der Waals surface area (Å²) in [6.45, 7) is 2.80. The molecule has 0 radical (unpaired) electrons. The molecular formula is C11H15AlO6P2. The highest BCUT2D eigenvalue weighted by molar-refractivity contribution is 7.68. The summed E-state index contributed by atoms with van der Waals surface area (Å²) in [5.41, 5.74) is 0. The smallest absolute Gasteiger partial charge is 0.572 e. The van der Waals surface area contributed by atoms with Gasteiger partial charge < -0.3 is 10.9 Å². The summed E-state index contributed by atoms with van der Waals surface area (Å²) in [5, 5.41) is 0.515. The number of carbonyl (C=O) groups is 1. The predicted octanol–water partition coefficient (Wildman–Crippen LogP) is 2.09. The zero-order valence-corrected chi connectivity index (χ0v) is 14.2. The third kappa shape index (κ3) is 4.30. The van der Waals surface area contributed by atoms with Crippen LogP contribution in [-0.2, 0) is 24.9 Å². The molecule has 20 heavy (non-hydrogen) atoms. The van der Waals surface area contributed by atoms with Gasteiger partial charge in [-0.15, -0.1) is 0 Å². The van der Waals surface area contributed by atoms with Crippen molar-refractivity contribution >= 4 is 41.2 Å². The molecule has 1 heterocycles. The van der Waals surface area contributed by atoms with Gasteiger partial charge in [0, 0.05) is 24.8 Å². The van der Waals surface area contributed by atoms with Crippen LogP contribution in [0.15, 0.2) is 30.3 Å². The lowest BCUT2D eigenvalue weighted by Gasteiger charge is -2.19. The Bertz CT molecular complexity index is 584. The minimum Gasteiger partial charge on any atom is -0.572 e. The van der Waals surface area contributed by atoms with Gasteiger partial charge in [-0.25, -0.2) is 0 Å². The van der Waals surface area contributed by atoms with E-state index in [1.165, 1.54) is 13.3 Å². The van der Waals surface area contributed by atoms with Crippen molar-refractivity contribution in [1.29, 1.82) is 0 Å². The van der Waals surface area contributed by atoms with Gasteiger partial charge in [-0.2, -0.15) is 0 Å². The summed E-state index contributed by atoms with van der Waals surface area (Å²) in [6.07, 6.45) is 0.0667. The van der Waals surface area contributed by atoms with Crippen LogP contribution in [0.2, 0.25) is 0 Å². The van der Waals surface area contributed by atoms with Crippen LogP contribution in [0.25, 0.3) is 0 Å². The van der Waals surface area contributed by atoms with Gasteiger partial charge in [-0.05, 0) is 12.1 Å². The van der Waals surface area contributed by atoms with E-state index in [2.05, 4.69) is 0 Å². The summed E-state index contributed by atoms with van der Waals surface area (Å²) in [6, 6.07) is 8.65. The lowest BCUT2D eigenvalue weighted by Crippen LogP contribution is -2.27. The molecule has 1 aromatic rings. The largest absolute Gasteiger partial charge is 1.01 e. The van der Waals surface area contributed by atoms with Crippen molar-refractivity contribution in [3.63, 3.8) is 0 Å². The first-order chi connectivity index (χ1) is 9.28. The molecule has 0 bridgehead atoms. The molecule has 0 aromatic heterocycles. The maximum Gasteiger partial charge on any atom is 1.01 e. The number of rotatable bonds is 3. The second kappa shape index (κ2) is 6.15. The first-order valence-electron chi connectivity index (χ1n) is 6.04. The highest BCUT2D eigenvalue weighted by Crippen LogP contribution is 2.50. The van der Waals surface area contributed by atoms with E-state index in [0.717, 1.165) is 0 Å². The Hall–Kier alpha value is -0.398. The molecule has 6 nitrogen and oxygen atoms in total. The molecular weight excluding hydrogens is 317 g/mol. The van der Waals surface area contributed by atoms with Crippen LogP contribution in [0.1, 0.15) is 6.42 Å². The summed E-state index contributed by atoms with van der Waals surface area (Å²) in [7, 11) is -6.11. The lowest BCUT2D eigenvalue weighted by atomic mass is 10.4. The fraction of sp³-hybridized carbons (Fsp3) is 0.364. The Kier molecular flexibility index (Phi) is 4.92. The number of carbonyl (C=O) groups excluding carboxylic acids is 1. The molecule has 1 fully saturated rings. The van der Waals surface area contributed by atoms with Gasteiger partial charge >= 0.3 is 15.1 Å². The van der Waals surface area contributed by atoms with E-state index >= 15 is 0 Å². The first kappa shape index (κ1) is 16.0. The average molecular weight is 332 g/mol. The molecule has 0 saturated carbocycles. The minimum atomic E-state index is -3.22. The second-order valence-electron chi connectivity index (χ2n) is 4.72. The highest BCUT2D eigenvalue weighted by atomic mass is 31.2. The molecule has 1 aromatic carbocycles. The zero-order chi connectivity index (χ0) is 14.8. The van der Waals surface area contributed by atoms with Gasteiger partial charge in [0.1, 0.15) is 0 Å². The molecule has 0 N–H and O–H groups in total. The Morgan fingerprint density at radius 3 is 2.55 bits per heavy atom. The maximum absolute atomic E-state index is 12.9. The van der Waals surface area contributed by atoms with Crippen LogP contribution < -0.4 is 5.30 Å². The molecule has 1 atom stereocenters. The Morgan fingerprint density at radius 1 is 1.30 bits per heavy atom. The molecule has 1 aliphatic rings. The number of hydrogen-bond acceptors (Lipinski definition) is 6.